The van der Waals surface area contributed by atoms with Gasteiger partial charge in [-0.05, 0) is 26.9 Å². The van der Waals surface area contributed by atoms with Gasteiger partial charge in [0, 0.05) is 6.04 Å². The Morgan fingerprint density at radius 2 is 2.06 bits per heavy atom. The lowest BCUT2D eigenvalue weighted by Crippen LogP contribution is -2.29. The standard InChI is InChI=1S/C12H20N4/c1-5-15(6-2)11(7-13)12-8-14-9-16(12)10(3)4/h8-11H,5-6H2,1-4H3. The quantitative estimate of drug-likeness (QED) is 0.765. The maximum atomic E-state index is 9.30. The molecular formula is C12H20N4. The first kappa shape index (κ1) is 12.7. The van der Waals surface area contributed by atoms with Crippen LogP contribution in [0.15, 0.2) is 12.5 Å². The highest BCUT2D eigenvalue weighted by atomic mass is 15.2. The van der Waals surface area contributed by atoms with E-state index in [2.05, 4.69) is 48.2 Å². The maximum absolute atomic E-state index is 9.30. The van der Waals surface area contributed by atoms with E-state index in [1.807, 2.05) is 0 Å². The molecule has 1 heterocycles. The molecule has 1 rings (SSSR count). The zero-order valence-electron chi connectivity index (χ0n) is 10.5. The lowest BCUT2D eigenvalue weighted by Gasteiger charge is -2.25. The van der Waals surface area contributed by atoms with Crippen molar-refractivity contribution >= 4 is 0 Å². The summed E-state index contributed by atoms with van der Waals surface area (Å²) in [6.07, 6.45) is 3.60. The second-order valence-electron chi connectivity index (χ2n) is 4.07. The highest BCUT2D eigenvalue weighted by molar-refractivity contribution is 5.15. The molecule has 0 aliphatic rings. The van der Waals surface area contributed by atoms with Gasteiger partial charge in [-0.3, -0.25) is 4.90 Å². The van der Waals surface area contributed by atoms with Crippen LogP contribution in [-0.4, -0.2) is 27.5 Å². The molecule has 1 aromatic rings. The molecule has 0 radical (unpaired) electrons. The van der Waals surface area contributed by atoms with Crippen LogP contribution in [0.4, 0.5) is 0 Å². The minimum absolute atomic E-state index is 0.195. The van der Waals surface area contributed by atoms with Crippen LogP contribution in [0.25, 0.3) is 0 Å². The van der Waals surface area contributed by atoms with E-state index >= 15 is 0 Å². The molecule has 0 amide bonds. The second-order valence-corrected chi connectivity index (χ2v) is 4.07. The average molecular weight is 220 g/mol. The van der Waals surface area contributed by atoms with Gasteiger partial charge in [0.1, 0.15) is 6.04 Å². The van der Waals surface area contributed by atoms with Crippen LogP contribution in [0.3, 0.4) is 0 Å². The molecule has 0 saturated heterocycles. The van der Waals surface area contributed by atoms with Gasteiger partial charge in [0.05, 0.1) is 24.3 Å². The molecule has 0 aliphatic heterocycles. The topological polar surface area (TPSA) is 44.9 Å². The Bertz CT molecular complexity index is 357. The van der Waals surface area contributed by atoms with E-state index in [-0.39, 0.29) is 6.04 Å². The summed E-state index contributed by atoms with van der Waals surface area (Å²) in [7, 11) is 0. The van der Waals surface area contributed by atoms with Gasteiger partial charge in [0.15, 0.2) is 0 Å². The smallest absolute Gasteiger partial charge is 0.140 e. The fourth-order valence-electron chi connectivity index (χ4n) is 1.88. The fraction of sp³-hybridized carbons (Fsp3) is 0.667. The molecule has 88 valence electrons. The third kappa shape index (κ3) is 2.42. The first-order chi connectivity index (χ1) is 7.65. The Hall–Kier alpha value is -1.34. The van der Waals surface area contributed by atoms with Crippen LogP contribution in [-0.2, 0) is 0 Å². The number of hydrogen-bond donors (Lipinski definition) is 0. The molecule has 0 saturated carbocycles. The average Bonchev–Trinajstić information content (AvgIpc) is 2.74. The summed E-state index contributed by atoms with van der Waals surface area (Å²) in [6.45, 7) is 10.1. The van der Waals surface area contributed by atoms with Crippen LogP contribution in [0.1, 0.15) is 45.5 Å². The Morgan fingerprint density at radius 3 is 2.50 bits per heavy atom. The van der Waals surface area contributed by atoms with Gasteiger partial charge in [-0.15, -0.1) is 0 Å². The predicted molar refractivity (Wildman–Crippen MR) is 63.9 cm³/mol. The number of aromatic nitrogens is 2. The summed E-state index contributed by atoms with van der Waals surface area (Å²) < 4.78 is 2.06. The molecule has 0 aliphatic carbocycles. The van der Waals surface area contributed by atoms with Crippen molar-refractivity contribution in [2.24, 2.45) is 0 Å². The van der Waals surface area contributed by atoms with Gasteiger partial charge in [0.25, 0.3) is 0 Å². The molecule has 4 nitrogen and oxygen atoms in total. The van der Waals surface area contributed by atoms with Crippen molar-refractivity contribution in [3.8, 4) is 6.07 Å². The molecule has 1 aromatic heterocycles. The molecule has 4 heteroatoms. The number of nitriles is 1. The number of rotatable bonds is 5. The second kappa shape index (κ2) is 5.66. The maximum Gasteiger partial charge on any atom is 0.140 e. The lowest BCUT2D eigenvalue weighted by atomic mass is 10.2. The van der Waals surface area contributed by atoms with E-state index < -0.39 is 0 Å². The van der Waals surface area contributed by atoms with Gasteiger partial charge in [-0.1, -0.05) is 13.8 Å². The van der Waals surface area contributed by atoms with Crippen molar-refractivity contribution in [1.29, 1.82) is 5.26 Å². The number of imidazole rings is 1. The van der Waals surface area contributed by atoms with Crippen molar-refractivity contribution in [3.05, 3.63) is 18.2 Å². The van der Waals surface area contributed by atoms with Gasteiger partial charge < -0.3 is 4.57 Å². The Morgan fingerprint density at radius 1 is 1.44 bits per heavy atom. The summed E-state index contributed by atoms with van der Waals surface area (Å²) in [5, 5.41) is 9.30. The molecule has 16 heavy (non-hydrogen) atoms. The summed E-state index contributed by atoms with van der Waals surface area (Å²) in [6, 6.07) is 2.51. The van der Waals surface area contributed by atoms with E-state index in [0.29, 0.717) is 6.04 Å². The fourth-order valence-corrected chi connectivity index (χ4v) is 1.88. The minimum atomic E-state index is -0.195. The molecule has 1 atom stereocenters. The van der Waals surface area contributed by atoms with Crippen LogP contribution in [0.2, 0.25) is 0 Å². The predicted octanol–water partition coefficient (Wildman–Crippen LogP) is 2.37. The molecular weight excluding hydrogens is 200 g/mol. The Kier molecular flexibility index (Phi) is 4.51. The van der Waals surface area contributed by atoms with Crippen LogP contribution >= 0.6 is 0 Å². The summed E-state index contributed by atoms with van der Waals surface area (Å²) >= 11 is 0. The van der Waals surface area contributed by atoms with Crippen LogP contribution < -0.4 is 0 Å². The SMILES string of the molecule is CCN(CC)C(C#N)c1cncn1C(C)C. The Balaban J connectivity index is 3.04. The summed E-state index contributed by atoms with van der Waals surface area (Å²) in [5.74, 6) is 0. The minimum Gasteiger partial charge on any atom is -0.330 e. The van der Waals surface area contributed by atoms with Crippen LogP contribution in [0, 0.1) is 11.3 Å². The first-order valence-corrected chi connectivity index (χ1v) is 5.81. The third-order valence-corrected chi connectivity index (χ3v) is 2.83. The van der Waals surface area contributed by atoms with Gasteiger partial charge in [-0.25, -0.2) is 4.98 Å². The van der Waals surface area contributed by atoms with Crippen molar-refractivity contribution in [3.63, 3.8) is 0 Å². The number of nitrogens with zero attached hydrogens (tertiary/aromatic N) is 4. The van der Waals surface area contributed by atoms with Gasteiger partial charge >= 0.3 is 0 Å². The van der Waals surface area contributed by atoms with Crippen molar-refractivity contribution < 1.29 is 0 Å². The van der Waals surface area contributed by atoms with E-state index in [1.54, 1.807) is 12.5 Å². The molecule has 0 aromatic carbocycles. The van der Waals surface area contributed by atoms with E-state index in [9.17, 15) is 5.26 Å². The van der Waals surface area contributed by atoms with Gasteiger partial charge in [-0.2, -0.15) is 5.26 Å². The first-order valence-electron chi connectivity index (χ1n) is 5.81. The van der Waals surface area contributed by atoms with Crippen LogP contribution in [0.5, 0.6) is 0 Å². The van der Waals surface area contributed by atoms with Crippen molar-refractivity contribution in [1.82, 2.24) is 14.5 Å². The summed E-state index contributed by atoms with van der Waals surface area (Å²) in [4.78, 5) is 6.28. The van der Waals surface area contributed by atoms with Crippen molar-refractivity contribution in [2.45, 2.75) is 39.8 Å². The molecule has 0 N–H and O–H groups in total. The molecule has 0 bridgehead atoms. The monoisotopic (exact) mass is 220 g/mol. The van der Waals surface area contributed by atoms with E-state index in [4.69, 9.17) is 0 Å². The zero-order chi connectivity index (χ0) is 12.1. The number of hydrogen-bond acceptors (Lipinski definition) is 3. The summed E-state index contributed by atoms with van der Waals surface area (Å²) in [5.41, 5.74) is 0.987. The van der Waals surface area contributed by atoms with E-state index in [0.717, 1.165) is 18.8 Å². The van der Waals surface area contributed by atoms with E-state index in [1.165, 1.54) is 0 Å². The highest BCUT2D eigenvalue weighted by Gasteiger charge is 2.21. The molecule has 1 unspecified atom stereocenters. The molecule has 0 spiro atoms. The highest BCUT2D eigenvalue weighted by Crippen LogP contribution is 2.21. The Labute approximate surface area is 97.5 Å². The lowest BCUT2D eigenvalue weighted by molar-refractivity contribution is 0.252. The molecule has 0 fully saturated rings. The largest absolute Gasteiger partial charge is 0.330 e. The van der Waals surface area contributed by atoms with Gasteiger partial charge in [0.2, 0.25) is 0 Å². The van der Waals surface area contributed by atoms with Crippen molar-refractivity contribution in [2.75, 3.05) is 13.1 Å². The zero-order valence-corrected chi connectivity index (χ0v) is 10.5. The normalized spacial score (nSPS) is 13.1. The third-order valence-electron chi connectivity index (χ3n) is 2.83.